The highest BCUT2D eigenvalue weighted by Gasteiger charge is 2.11. The van der Waals surface area contributed by atoms with Gasteiger partial charge < -0.3 is 10.6 Å². The van der Waals surface area contributed by atoms with Gasteiger partial charge in [0.2, 0.25) is 0 Å². The molecular weight excluding hydrogens is 210 g/mol. The molecule has 0 saturated carbocycles. The van der Waals surface area contributed by atoms with Crippen LogP contribution in [-0.4, -0.2) is 17.6 Å². The van der Waals surface area contributed by atoms with Gasteiger partial charge in [-0.2, -0.15) is 0 Å². The summed E-state index contributed by atoms with van der Waals surface area (Å²) in [6.07, 6.45) is 5.61. The summed E-state index contributed by atoms with van der Waals surface area (Å²) in [6, 6.07) is 4.56. The molecule has 0 atom stereocenters. The van der Waals surface area contributed by atoms with Crippen LogP contribution in [0.2, 0.25) is 0 Å². The van der Waals surface area contributed by atoms with Crippen molar-refractivity contribution in [2.75, 3.05) is 11.4 Å². The minimum absolute atomic E-state index is 0.479. The lowest BCUT2D eigenvalue weighted by molar-refractivity contribution is 0.619. The van der Waals surface area contributed by atoms with Crippen molar-refractivity contribution in [3.8, 4) is 0 Å². The highest BCUT2D eigenvalue weighted by atomic mass is 15.2. The Balaban J connectivity index is 2.74. The summed E-state index contributed by atoms with van der Waals surface area (Å²) >= 11 is 0. The van der Waals surface area contributed by atoms with E-state index in [1.807, 2.05) is 12.3 Å². The monoisotopic (exact) mass is 235 g/mol. The summed E-state index contributed by atoms with van der Waals surface area (Å²) in [6.45, 7) is 8.31. The van der Waals surface area contributed by atoms with Crippen molar-refractivity contribution in [3.63, 3.8) is 0 Å². The van der Waals surface area contributed by atoms with Gasteiger partial charge in [-0.15, -0.1) is 0 Å². The third-order valence-electron chi connectivity index (χ3n) is 2.97. The molecule has 1 rings (SSSR count). The first-order chi connectivity index (χ1) is 8.19. The van der Waals surface area contributed by atoms with Gasteiger partial charge >= 0.3 is 0 Å². The number of nitrogens with two attached hydrogens (primary N) is 1. The van der Waals surface area contributed by atoms with Crippen LogP contribution in [0.5, 0.6) is 0 Å². The van der Waals surface area contributed by atoms with E-state index in [2.05, 4.69) is 36.7 Å². The summed E-state index contributed by atoms with van der Waals surface area (Å²) in [5.41, 5.74) is 6.82. The van der Waals surface area contributed by atoms with Gasteiger partial charge in [0.15, 0.2) is 0 Å². The highest BCUT2D eigenvalue weighted by Crippen LogP contribution is 2.16. The van der Waals surface area contributed by atoms with E-state index in [1.165, 1.54) is 19.3 Å². The molecule has 0 aromatic carbocycles. The van der Waals surface area contributed by atoms with Gasteiger partial charge in [0.05, 0.1) is 0 Å². The van der Waals surface area contributed by atoms with Crippen molar-refractivity contribution >= 4 is 5.82 Å². The second-order valence-corrected chi connectivity index (χ2v) is 4.72. The SMILES string of the molecule is CCCCCN(c1cc(CN)ccn1)C(C)C. The second-order valence-electron chi connectivity index (χ2n) is 4.72. The number of hydrogen-bond donors (Lipinski definition) is 1. The fourth-order valence-corrected chi connectivity index (χ4v) is 1.91. The maximum absolute atomic E-state index is 5.67. The van der Waals surface area contributed by atoms with Crippen LogP contribution < -0.4 is 10.6 Å². The minimum atomic E-state index is 0.479. The van der Waals surface area contributed by atoms with Crippen molar-refractivity contribution in [1.29, 1.82) is 0 Å². The number of aromatic nitrogens is 1. The molecule has 3 heteroatoms. The molecule has 0 bridgehead atoms. The fraction of sp³-hybridized carbons (Fsp3) is 0.643. The molecule has 0 unspecified atom stereocenters. The molecule has 1 heterocycles. The van der Waals surface area contributed by atoms with E-state index in [1.54, 1.807) is 0 Å². The van der Waals surface area contributed by atoms with Gasteiger partial charge in [-0.05, 0) is 38.0 Å². The molecule has 17 heavy (non-hydrogen) atoms. The van der Waals surface area contributed by atoms with E-state index in [9.17, 15) is 0 Å². The summed E-state index contributed by atoms with van der Waals surface area (Å²) in [5, 5.41) is 0. The average molecular weight is 235 g/mol. The van der Waals surface area contributed by atoms with Crippen LogP contribution in [-0.2, 0) is 6.54 Å². The first-order valence-corrected chi connectivity index (χ1v) is 6.60. The van der Waals surface area contributed by atoms with Gasteiger partial charge in [0.1, 0.15) is 5.82 Å². The number of rotatable bonds is 7. The zero-order chi connectivity index (χ0) is 12.7. The Morgan fingerprint density at radius 1 is 1.35 bits per heavy atom. The summed E-state index contributed by atoms with van der Waals surface area (Å²) in [7, 11) is 0. The Bertz CT molecular complexity index is 323. The summed E-state index contributed by atoms with van der Waals surface area (Å²) in [5.74, 6) is 1.05. The number of pyridine rings is 1. The molecule has 3 nitrogen and oxygen atoms in total. The van der Waals surface area contributed by atoms with E-state index in [0.717, 1.165) is 17.9 Å². The lowest BCUT2D eigenvalue weighted by atomic mass is 10.2. The average Bonchev–Trinajstić information content (AvgIpc) is 2.34. The highest BCUT2D eigenvalue weighted by molar-refractivity contribution is 5.41. The van der Waals surface area contributed by atoms with E-state index < -0.39 is 0 Å². The van der Waals surface area contributed by atoms with Crippen LogP contribution in [0.3, 0.4) is 0 Å². The first kappa shape index (κ1) is 14.0. The first-order valence-electron chi connectivity index (χ1n) is 6.60. The lowest BCUT2D eigenvalue weighted by Crippen LogP contribution is -2.32. The van der Waals surface area contributed by atoms with Gasteiger partial charge in [-0.25, -0.2) is 4.98 Å². The van der Waals surface area contributed by atoms with Crippen LogP contribution in [0.25, 0.3) is 0 Å². The molecule has 1 aromatic rings. The molecule has 0 aliphatic heterocycles. The number of hydrogen-bond acceptors (Lipinski definition) is 3. The molecule has 96 valence electrons. The number of anilines is 1. The van der Waals surface area contributed by atoms with Crippen LogP contribution >= 0.6 is 0 Å². The molecule has 0 radical (unpaired) electrons. The molecule has 0 aliphatic carbocycles. The molecule has 0 spiro atoms. The Labute approximate surface area is 105 Å². The van der Waals surface area contributed by atoms with Gasteiger partial charge in [-0.1, -0.05) is 19.8 Å². The predicted molar refractivity (Wildman–Crippen MR) is 74.1 cm³/mol. The fourth-order valence-electron chi connectivity index (χ4n) is 1.91. The van der Waals surface area contributed by atoms with Gasteiger partial charge in [0.25, 0.3) is 0 Å². The normalized spacial score (nSPS) is 10.9. The molecule has 0 amide bonds. The number of unbranched alkanes of at least 4 members (excludes halogenated alkanes) is 2. The van der Waals surface area contributed by atoms with E-state index in [0.29, 0.717) is 12.6 Å². The van der Waals surface area contributed by atoms with Crippen LogP contribution in [0.4, 0.5) is 5.82 Å². The maximum atomic E-state index is 5.67. The molecule has 0 fully saturated rings. The molecular formula is C14H25N3. The zero-order valence-electron chi connectivity index (χ0n) is 11.3. The smallest absolute Gasteiger partial charge is 0.129 e. The Kier molecular flexibility index (Phi) is 5.98. The molecule has 0 saturated heterocycles. The van der Waals surface area contributed by atoms with E-state index >= 15 is 0 Å². The quantitative estimate of drug-likeness (QED) is 0.739. The van der Waals surface area contributed by atoms with E-state index in [4.69, 9.17) is 5.73 Å². The molecule has 2 N–H and O–H groups in total. The van der Waals surface area contributed by atoms with Crippen molar-refractivity contribution in [1.82, 2.24) is 4.98 Å². The predicted octanol–water partition coefficient (Wildman–Crippen LogP) is 2.95. The zero-order valence-corrected chi connectivity index (χ0v) is 11.3. The summed E-state index contributed by atoms with van der Waals surface area (Å²) < 4.78 is 0. The van der Waals surface area contributed by atoms with Crippen molar-refractivity contribution in [2.45, 2.75) is 52.6 Å². The minimum Gasteiger partial charge on any atom is -0.354 e. The Hall–Kier alpha value is -1.09. The number of nitrogens with zero attached hydrogens (tertiary/aromatic N) is 2. The van der Waals surface area contributed by atoms with Crippen LogP contribution in [0.1, 0.15) is 45.6 Å². The van der Waals surface area contributed by atoms with Crippen molar-refractivity contribution in [3.05, 3.63) is 23.9 Å². The maximum Gasteiger partial charge on any atom is 0.129 e. The van der Waals surface area contributed by atoms with Gasteiger partial charge in [0, 0.05) is 25.3 Å². The van der Waals surface area contributed by atoms with Gasteiger partial charge in [-0.3, -0.25) is 0 Å². The third kappa shape index (κ3) is 4.35. The van der Waals surface area contributed by atoms with Crippen LogP contribution in [0.15, 0.2) is 18.3 Å². The largest absolute Gasteiger partial charge is 0.354 e. The molecule has 1 aromatic heterocycles. The Morgan fingerprint density at radius 2 is 2.12 bits per heavy atom. The summed E-state index contributed by atoms with van der Waals surface area (Å²) in [4.78, 5) is 6.81. The Morgan fingerprint density at radius 3 is 2.71 bits per heavy atom. The van der Waals surface area contributed by atoms with Crippen LogP contribution in [0, 0.1) is 0 Å². The molecule has 0 aliphatic rings. The topological polar surface area (TPSA) is 42.1 Å². The van der Waals surface area contributed by atoms with Crippen molar-refractivity contribution in [2.24, 2.45) is 5.73 Å². The lowest BCUT2D eigenvalue weighted by Gasteiger charge is -2.28. The standard InChI is InChI=1S/C14H25N3/c1-4-5-6-9-17(12(2)3)14-10-13(11-15)7-8-16-14/h7-8,10,12H,4-6,9,11,15H2,1-3H3. The van der Waals surface area contributed by atoms with E-state index in [-0.39, 0.29) is 0 Å². The third-order valence-corrected chi connectivity index (χ3v) is 2.97. The van der Waals surface area contributed by atoms with Crippen molar-refractivity contribution < 1.29 is 0 Å². The second kappa shape index (κ2) is 7.28.